The first-order chi connectivity index (χ1) is 9.28. The highest BCUT2D eigenvalue weighted by Crippen LogP contribution is 2.09. The zero-order chi connectivity index (χ0) is 13.5. The number of hydrogen-bond acceptors (Lipinski definition) is 2. The zero-order valence-corrected chi connectivity index (χ0v) is 11.8. The maximum Gasteiger partial charge on any atom is 0.0419 e. The summed E-state index contributed by atoms with van der Waals surface area (Å²) in [7, 11) is 0. The van der Waals surface area contributed by atoms with Gasteiger partial charge in [0.1, 0.15) is 0 Å². The van der Waals surface area contributed by atoms with Crippen LogP contribution in [-0.2, 0) is 12.8 Å². The molecule has 100 valence electrons. The molecule has 0 saturated carbocycles. The van der Waals surface area contributed by atoms with E-state index < -0.39 is 0 Å². The number of nitrogens with zero attached hydrogens (tertiary/aromatic N) is 1. The minimum absolute atomic E-state index is 0.447. The predicted octanol–water partition coefficient (Wildman–Crippen LogP) is 3.15. The monoisotopic (exact) mass is 254 g/mol. The van der Waals surface area contributed by atoms with Gasteiger partial charge in [0.05, 0.1) is 0 Å². The topological polar surface area (TPSA) is 24.9 Å². The molecular weight excluding hydrogens is 232 g/mol. The fraction of sp³-hybridized carbons (Fsp3) is 0.353. The third-order valence-corrected chi connectivity index (χ3v) is 3.28. The Kier molecular flexibility index (Phi) is 5.10. The molecule has 0 radical (unpaired) electrons. The molecule has 1 aromatic heterocycles. The molecule has 2 nitrogen and oxygen atoms in total. The highest BCUT2D eigenvalue weighted by atomic mass is 14.9. The van der Waals surface area contributed by atoms with Crippen molar-refractivity contribution in [2.75, 3.05) is 6.54 Å². The molecule has 0 aliphatic rings. The zero-order valence-electron chi connectivity index (χ0n) is 11.8. The third-order valence-electron chi connectivity index (χ3n) is 3.28. The van der Waals surface area contributed by atoms with E-state index in [1.807, 2.05) is 12.3 Å². The lowest BCUT2D eigenvalue weighted by Crippen LogP contribution is -2.33. The molecule has 0 amide bonds. The van der Waals surface area contributed by atoms with Crippen molar-refractivity contribution in [1.29, 1.82) is 0 Å². The second-order valence-corrected chi connectivity index (χ2v) is 4.97. The fourth-order valence-corrected chi connectivity index (χ4v) is 2.29. The van der Waals surface area contributed by atoms with Crippen molar-refractivity contribution in [2.45, 2.75) is 32.7 Å². The van der Waals surface area contributed by atoms with Crippen molar-refractivity contribution in [2.24, 2.45) is 0 Å². The molecule has 0 bridgehead atoms. The Bertz CT molecular complexity index is 476. The Labute approximate surface area is 115 Å². The number of pyridine rings is 1. The summed E-state index contributed by atoms with van der Waals surface area (Å²) in [5.74, 6) is 0. The molecule has 0 saturated heterocycles. The van der Waals surface area contributed by atoms with Gasteiger partial charge in [-0.2, -0.15) is 0 Å². The van der Waals surface area contributed by atoms with E-state index in [9.17, 15) is 0 Å². The van der Waals surface area contributed by atoms with Crippen LogP contribution >= 0.6 is 0 Å². The molecule has 1 aromatic carbocycles. The van der Waals surface area contributed by atoms with E-state index in [1.54, 1.807) is 0 Å². The first-order valence-electron chi connectivity index (χ1n) is 6.96. The van der Waals surface area contributed by atoms with E-state index in [1.165, 1.54) is 11.1 Å². The second-order valence-electron chi connectivity index (χ2n) is 4.97. The first-order valence-corrected chi connectivity index (χ1v) is 6.96. The van der Waals surface area contributed by atoms with Crippen LogP contribution < -0.4 is 5.32 Å². The van der Waals surface area contributed by atoms with Crippen molar-refractivity contribution in [3.05, 3.63) is 65.5 Å². The molecule has 1 atom stereocenters. The highest BCUT2D eigenvalue weighted by Gasteiger charge is 2.10. The van der Waals surface area contributed by atoms with Gasteiger partial charge in [0.25, 0.3) is 0 Å². The summed E-state index contributed by atoms with van der Waals surface area (Å²) in [5.41, 5.74) is 3.85. The van der Waals surface area contributed by atoms with E-state index in [4.69, 9.17) is 0 Å². The van der Waals surface area contributed by atoms with Crippen LogP contribution in [0.5, 0.6) is 0 Å². The first kappa shape index (κ1) is 13.8. The summed E-state index contributed by atoms with van der Waals surface area (Å²) in [5, 5.41) is 3.55. The van der Waals surface area contributed by atoms with Gasteiger partial charge in [-0.25, -0.2) is 0 Å². The number of rotatable bonds is 6. The lowest BCUT2D eigenvalue weighted by molar-refractivity contribution is 0.516. The van der Waals surface area contributed by atoms with Crippen molar-refractivity contribution in [1.82, 2.24) is 10.3 Å². The van der Waals surface area contributed by atoms with E-state index in [0.717, 1.165) is 25.1 Å². The van der Waals surface area contributed by atoms with Crippen LogP contribution in [0, 0.1) is 6.92 Å². The quantitative estimate of drug-likeness (QED) is 0.856. The minimum Gasteiger partial charge on any atom is -0.314 e. The van der Waals surface area contributed by atoms with Crippen LogP contribution in [0.2, 0.25) is 0 Å². The van der Waals surface area contributed by atoms with Crippen LogP contribution in [-0.4, -0.2) is 17.6 Å². The van der Waals surface area contributed by atoms with Crippen molar-refractivity contribution in [3.8, 4) is 0 Å². The van der Waals surface area contributed by atoms with E-state index in [0.29, 0.717) is 6.04 Å². The molecule has 1 N–H and O–H groups in total. The molecule has 19 heavy (non-hydrogen) atoms. The molecule has 1 heterocycles. The molecular formula is C17H22N2. The summed E-state index contributed by atoms with van der Waals surface area (Å²) in [6.07, 6.45) is 3.89. The molecule has 0 aliphatic heterocycles. The van der Waals surface area contributed by atoms with Crippen LogP contribution in [0.1, 0.15) is 23.7 Å². The summed E-state index contributed by atoms with van der Waals surface area (Å²) in [6.45, 7) is 5.27. The summed E-state index contributed by atoms with van der Waals surface area (Å²) in [4.78, 5) is 4.42. The SMILES string of the molecule is CCNC(Cc1ccc(C)cc1)Cc1ccccn1. The van der Waals surface area contributed by atoms with Gasteiger partial charge in [0, 0.05) is 24.4 Å². The Morgan fingerprint density at radius 2 is 1.84 bits per heavy atom. The lowest BCUT2D eigenvalue weighted by atomic mass is 10.0. The summed E-state index contributed by atoms with van der Waals surface area (Å²) < 4.78 is 0. The van der Waals surface area contributed by atoms with Crippen LogP contribution in [0.3, 0.4) is 0 Å². The Morgan fingerprint density at radius 3 is 2.47 bits per heavy atom. The van der Waals surface area contributed by atoms with Gasteiger partial charge >= 0.3 is 0 Å². The highest BCUT2D eigenvalue weighted by molar-refractivity contribution is 5.22. The Hall–Kier alpha value is -1.67. The maximum atomic E-state index is 4.42. The normalized spacial score (nSPS) is 12.3. The van der Waals surface area contributed by atoms with Crippen LogP contribution in [0.25, 0.3) is 0 Å². The van der Waals surface area contributed by atoms with E-state index >= 15 is 0 Å². The number of aryl methyl sites for hydroxylation is 1. The number of likely N-dealkylation sites (N-methyl/N-ethyl adjacent to an activating group) is 1. The summed E-state index contributed by atoms with van der Waals surface area (Å²) in [6, 6.07) is 15.4. The average Bonchev–Trinajstić information content (AvgIpc) is 2.43. The average molecular weight is 254 g/mol. The van der Waals surface area contributed by atoms with Crippen molar-refractivity contribution in [3.63, 3.8) is 0 Å². The molecule has 0 aliphatic carbocycles. The number of nitrogens with one attached hydrogen (secondary N) is 1. The van der Waals surface area contributed by atoms with E-state index in [-0.39, 0.29) is 0 Å². The Balaban J connectivity index is 2.01. The molecule has 0 fully saturated rings. The van der Waals surface area contributed by atoms with Crippen molar-refractivity contribution >= 4 is 0 Å². The van der Waals surface area contributed by atoms with Gasteiger partial charge in [-0.1, -0.05) is 42.8 Å². The van der Waals surface area contributed by atoms with E-state index in [2.05, 4.69) is 60.5 Å². The molecule has 0 spiro atoms. The van der Waals surface area contributed by atoms with Gasteiger partial charge in [-0.3, -0.25) is 4.98 Å². The lowest BCUT2D eigenvalue weighted by Gasteiger charge is -2.17. The van der Waals surface area contributed by atoms with Gasteiger partial charge in [0.2, 0.25) is 0 Å². The Morgan fingerprint density at radius 1 is 1.05 bits per heavy atom. The maximum absolute atomic E-state index is 4.42. The number of benzene rings is 1. The summed E-state index contributed by atoms with van der Waals surface area (Å²) >= 11 is 0. The largest absolute Gasteiger partial charge is 0.314 e. The second kappa shape index (κ2) is 7.05. The molecule has 2 rings (SSSR count). The molecule has 2 aromatic rings. The van der Waals surface area contributed by atoms with Gasteiger partial charge < -0.3 is 5.32 Å². The molecule has 2 heteroatoms. The fourth-order valence-electron chi connectivity index (χ4n) is 2.29. The van der Waals surface area contributed by atoms with Crippen molar-refractivity contribution < 1.29 is 0 Å². The van der Waals surface area contributed by atoms with Gasteiger partial charge in [0.15, 0.2) is 0 Å². The number of aromatic nitrogens is 1. The van der Waals surface area contributed by atoms with Crippen LogP contribution in [0.4, 0.5) is 0 Å². The smallest absolute Gasteiger partial charge is 0.0419 e. The van der Waals surface area contributed by atoms with Gasteiger partial charge in [-0.05, 0) is 37.6 Å². The van der Waals surface area contributed by atoms with Crippen LogP contribution in [0.15, 0.2) is 48.7 Å². The van der Waals surface area contributed by atoms with Gasteiger partial charge in [-0.15, -0.1) is 0 Å². The predicted molar refractivity (Wildman–Crippen MR) is 80.3 cm³/mol. The third kappa shape index (κ3) is 4.49. The standard InChI is InChI=1S/C17H22N2/c1-3-18-17(13-16-6-4-5-11-19-16)12-15-9-7-14(2)8-10-15/h4-11,17-18H,3,12-13H2,1-2H3. The molecule has 1 unspecified atom stereocenters. The number of hydrogen-bond donors (Lipinski definition) is 1. The minimum atomic E-state index is 0.447.